The van der Waals surface area contributed by atoms with E-state index >= 15 is 0 Å². The number of nitrogens with one attached hydrogen (secondary N) is 1. The first-order valence-electron chi connectivity index (χ1n) is 10.1. The maximum Gasteiger partial charge on any atom is 0.229 e. The molecule has 4 nitrogen and oxygen atoms in total. The number of carbonyl (C=O) groups excluding carboxylic acids is 2. The fourth-order valence-corrected chi connectivity index (χ4v) is 6.24. The molecule has 0 unspecified atom stereocenters. The van der Waals surface area contributed by atoms with Gasteiger partial charge in [0.05, 0.1) is 0 Å². The molecule has 4 rings (SSSR count). The molecule has 24 heavy (non-hydrogen) atoms. The minimum Gasteiger partial charge on any atom is -0.310 e. The van der Waals surface area contributed by atoms with Crippen molar-refractivity contribution in [3.63, 3.8) is 0 Å². The molecule has 0 aromatic heterocycles. The molecule has 3 saturated carbocycles. The summed E-state index contributed by atoms with van der Waals surface area (Å²) in [5, 5.41) is 3.99. The van der Waals surface area contributed by atoms with Crippen LogP contribution in [-0.2, 0) is 9.59 Å². The lowest BCUT2D eigenvalue weighted by Gasteiger charge is -2.62. The number of imide groups is 1. The Balaban J connectivity index is 1.32. The first-order chi connectivity index (χ1) is 11.5. The van der Waals surface area contributed by atoms with Gasteiger partial charge in [-0.15, -0.1) is 0 Å². The molecule has 134 valence electrons. The van der Waals surface area contributed by atoms with Gasteiger partial charge in [-0.3, -0.25) is 14.5 Å². The highest BCUT2D eigenvalue weighted by Crippen LogP contribution is 2.57. The van der Waals surface area contributed by atoms with Crippen molar-refractivity contribution in [3.05, 3.63) is 0 Å². The Hall–Kier alpha value is -0.900. The summed E-state index contributed by atoms with van der Waals surface area (Å²) in [5.41, 5.74) is 0.433. The third kappa shape index (κ3) is 2.61. The van der Waals surface area contributed by atoms with Gasteiger partial charge in [0.15, 0.2) is 0 Å². The number of amides is 2. The van der Waals surface area contributed by atoms with Crippen molar-refractivity contribution in [3.8, 4) is 0 Å². The van der Waals surface area contributed by atoms with Crippen molar-refractivity contribution >= 4 is 11.8 Å². The van der Waals surface area contributed by atoms with Crippen LogP contribution in [-0.4, -0.2) is 34.8 Å². The molecule has 1 N–H and O–H groups in total. The first-order valence-corrected chi connectivity index (χ1v) is 10.1. The quantitative estimate of drug-likeness (QED) is 0.807. The van der Waals surface area contributed by atoms with Gasteiger partial charge in [-0.05, 0) is 55.8 Å². The van der Waals surface area contributed by atoms with Gasteiger partial charge in [-0.2, -0.15) is 0 Å². The van der Waals surface area contributed by atoms with Crippen LogP contribution in [0.2, 0.25) is 0 Å². The number of hydrogen-bond acceptors (Lipinski definition) is 3. The molecule has 0 aromatic rings. The van der Waals surface area contributed by atoms with Gasteiger partial charge in [0, 0.05) is 31.0 Å². The standard InChI is InChI=1S/C20H32N2O2/c1-20(2)16-6-4-3-5-15(16)19(20)21-13-7-9-14(10-8-13)22-17(23)11-12-18(22)24/h13-16,19,21H,3-12H2,1-2H3/t13?,14?,15-,16+,19-/m1/s1. The molecule has 0 aromatic carbocycles. The van der Waals surface area contributed by atoms with Crippen LogP contribution in [0.15, 0.2) is 0 Å². The molecule has 3 atom stereocenters. The van der Waals surface area contributed by atoms with Gasteiger partial charge < -0.3 is 5.32 Å². The first kappa shape index (κ1) is 16.6. The summed E-state index contributed by atoms with van der Waals surface area (Å²) < 4.78 is 0. The van der Waals surface area contributed by atoms with Gasteiger partial charge in [0.25, 0.3) is 0 Å². The van der Waals surface area contributed by atoms with E-state index in [9.17, 15) is 9.59 Å². The third-order valence-corrected chi connectivity index (χ3v) is 7.57. The van der Waals surface area contributed by atoms with E-state index in [0.29, 0.717) is 30.3 Å². The van der Waals surface area contributed by atoms with E-state index in [1.54, 1.807) is 4.90 Å². The van der Waals surface area contributed by atoms with Crippen molar-refractivity contribution in [1.29, 1.82) is 0 Å². The molecule has 4 heteroatoms. The van der Waals surface area contributed by atoms with Crippen molar-refractivity contribution in [2.45, 2.75) is 96.2 Å². The van der Waals surface area contributed by atoms with Gasteiger partial charge in [0.1, 0.15) is 0 Å². The maximum absolute atomic E-state index is 11.9. The van der Waals surface area contributed by atoms with Crippen LogP contribution in [0, 0.1) is 17.3 Å². The minimum absolute atomic E-state index is 0.0570. The second-order valence-corrected chi connectivity index (χ2v) is 9.18. The second-order valence-electron chi connectivity index (χ2n) is 9.18. The third-order valence-electron chi connectivity index (χ3n) is 7.57. The Morgan fingerprint density at radius 3 is 2.21 bits per heavy atom. The number of hydrogen-bond donors (Lipinski definition) is 1. The molecular formula is C20H32N2O2. The zero-order chi connectivity index (χ0) is 16.9. The largest absolute Gasteiger partial charge is 0.310 e. The number of rotatable bonds is 3. The van der Waals surface area contributed by atoms with Crippen LogP contribution in [0.25, 0.3) is 0 Å². The van der Waals surface area contributed by atoms with Gasteiger partial charge >= 0.3 is 0 Å². The topological polar surface area (TPSA) is 49.4 Å². The molecule has 1 saturated heterocycles. The molecule has 3 aliphatic carbocycles. The lowest BCUT2D eigenvalue weighted by atomic mass is 9.47. The Morgan fingerprint density at radius 1 is 0.917 bits per heavy atom. The highest BCUT2D eigenvalue weighted by molar-refractivity contribution is 6.02. The van der Waals surface area contributed by atoms with Crippen LogP contribution in [0.4, 0.5) is 0 Å². The van der Waals surface area contributed by atoms with Crippen LogP contribution in [0.3, 0.4) is 0 Å². The molecule has 1 heterocycles. The lowest BCUT2D eigenvalue weighted by molar-refractivity contribution is -0.142. The molecule has 4 aliphatic rings. The van der Waals surface area contributed by atoms with Crippen molar-refractivity contribution in [2.75, 3.05) is 0 Å². The molecule has 1 aliphatic heterocycles. The van der Waals surface area contributed by atoms with E-state index in [4.69, 9.17) is 0 Å². The number of carbonyl (C=O) groups is 2. The zero-order valence-electron chi connectivity index (χ0n) is 15.2. The Bertz CT molecular complexity index is 506. The summed E-state index contributed by atoms with van der Waals surface area (Å²) >= 11 is 0. The maximum atomic E-state index is 11.9. The SMILES string of the molecule is CC1(C)[C@H](NC2CCC(N3C(=O)CCC3=O)CC2)[C@@H]2CCCC[C@@H]21. The van der Waals surface area contributed by atoms with Crippen molar-refractivity contribution in [1.82, 2.24) is 10.2 Å². The smallest absolute Gasteiger partial charge is 0.229 e. The van der Waals surface area contributed by atoms with Gasteiger partial charge in [-0.1, -0.05) is 26.7 Å². The van der Waals surface area contributed by atoms with E-state index in [1.807, 2.05) is 0 Å². The molecule has 4 fully saturated rings. The molecule has 0 bridgehead atoms. The normalized spacial score (nSPS) is 41.9. The highest BCUT2D eigenvalue weighted by atomic mass is 16.2. The van der Waals surface area contributed by atoms with Crippen LogP contribution in [0.5, 0.6) is 0 Å². The van der Waals surface area contributed by atoms with Gasteiger partial charge in [-0.25, -0.2) is 0 Å². The summed E-state index contributed by atoms with van der Waals surface area (Å²) in [6, 6.07) is 1.41. The van der Waals surface area contributed by atoms with Crippen LogP contribution >= 0.6 is 0 Å². The Labute approximate surface area is 145 Å². The average molecular weight is 332 g/mol. The van der Waals surface area contributed by atoms with E-state index in [2.05, 4.69) is 19.2 Å². The van der Waals surface area contributed by atoms with Crippen molar-refractivity contribution < 1.29 is 9.59 Å². The molecule has 0 spiro atoms. The summed E-state index contributed by atoms with van der Waals surface area (Å²) in [6.07, 6.45) is 10.7. The van der Waals surface area contributed by atoms with E-state index < -0.39 is 0 Å². The lowest BCUT2D eigenvalue weighted by Crippen LogP contribution is -2.66. The van der Waals surface area contributed by atoms with E-state index in [-0.39, 0.29) is 17.9 Å². The Kier molecular flexibility index (Phi) is 4.22. The summed E-state index contributed by atoms with van der Waals surface area (Å²) in [6.45, 7) is 4.90. The summed E-state index contributed by atoms with van der Waals surface area (Å²) in [5.74, 6) is 1.91. The fourth-order valence-electron chi connectivity index (χ4n) is 6.24. The number of likely N-dealkylation sites (tertiary alicyclic amines) is 1. The Morgan fingerprint density at radius 2 is 1.54 bits per heavy atom. The average Bonchev–Trinajstić information content (AvgIpc) is 2.92. The number of fused-ring (bicyclic) bond motifs is 1. The molecular weight excluding hydrogens is 300 g/mol. The summed E-state index contributed by atoms with van der Waals surface area (Å²) in [4.78, 5) is 25.4. The number of nitrogens with zero attached hydrogens (tertiary/aromatic N) is 1. The second kappa shape index (κ2) is 6.12. The molecule has 0 radical (unpaired) electrons. The van der Waals surface area contributed by atoms with E-state index in [0.717, 1.165) is 37.5 Å². The van der Waals surface area contributed by atoms with Crippen LogP contribution < -0.4 is 5.32 Å². The van der Waals surface area contributed by atoms with Gasteiger partial charge in [0.2, 0.25) is 11.8 Å². The monoisotopic (exact) mass is 332 g/mol. The van der Waals surface area contributed by atoms with Crippen LogP contribution in [0.1, 0.15) is 78.1 Å². The zero-order valence-corrected chi connectivity index (χ0v) is 15.2. The minimum atomic E-state index is 0.0570. The predicted molar refractivity (Wildman–Crippen MR) is 93.3 cm³/mol. The summed E-state index contributed by atoms with van der Waals surface area (Å²) in [7, 11) is 0. The van der Waals surface area contributed by atoms with Crippen molar-refractivity contribution in [2.24, 2.45) is 17.3 Å². The highest BCUT2D eigenvalue weighted by Gasteiger charge is 2.56. The fraction of sp³-hybridized carbons (Fsp3) is 0.900. The molecule has 2 amide bonds. The predicted octanol–water partition coefficient (Wildman–Crippen LogP) is 3.25. The van der Waals surface area contributed by atoms with E-state index in [1.165, 1.54) is 25.7 Å².